The average molecular weight is 135 g/mol. The molecular formula is C9H8F. The van der Waals surface area contributed by atoms with E-state index in [-0.39, 0.29) is 0 Å². The Labute approximate surface area is 60.0 Å². The van der Waals surface area contributed by atoms with Crippen molar-refractivity contribution in [3.8, 4) is 0 Å². The van der Waals surface area contributed by atoms with Crippen molar-refractivity contribution < 1.29 is 4.39 Å². The van der Waals surface area contributed by atoms with Crippen molar-refractivity contribution in [1.29, 1.82) is 0 Å². The third-order valence-corrected chi connectivity index (χ3v) is 1.16. The first-order valence-corrected chi connectivity index (χ1v) is 3.08. The maximum atomic E-state index is 11.5. The van der Waals surface area contributed by atoms with Crippen molar-refractivity contribution in [3.63, 3.8) is 0 Å². The second-order valence-corrected chi connectivity index (χ2v) is 1.90. The van der Waals surface area contributed by atoms with Gasteiger partial charge in [-0.2, -0.15) is 0 Å². The summed E-state index contributed by atoms with van der Waals surface area (Å²) in [5, 5.41) is 0. The van der Waals surface area contributed by atoms with Gasteiger partial charge in [-0.15, -0.1) is 0 Å². The zero-order chi connectivity index (χ0) is 7.23. The van der Waals surface area contributed by atoms with Gasteiger partial charge in [-0.25, -0.2) is 4.39 Å². The summed E-state index contributed by atoms with van der Waals surface area (Å²) >= 11 is 0. The highest BCUT2D eigenvalue weighted by Gasteiger charge is 1.80. The van der Waals surface area contributed by atoms with Crippen LogP contribution in [0.3, 0.4) is 0 Å². The topological polar surface area (TPSA) is 0 Å². The van der Waals surface area contributed by atoms with Gasteiger partial charge in [0, 0.05) is 0 Å². The van der Waals surface area contributed by atoms with E-state index >= 15 is 0 Å². The van der Waals surface area contributed by atoms with Crippen LogP contribution in [0.5, 0.6) is 0 Å². The van der Waals surface area contributed by atoms with Crippen LogP contribution in [0.15, 0.2) is 36.4 Å². The second-order valence-electron chi connectivity index (χ2n) is 1.90. The summed E-state index contributed by atoms with van der Waals surface area (Å²) in [4.78, 5) is 0. The van der Waals surface area contributed by atoms with Gasteiger partial charge in [0.2, 0.25) is 0 Å². The van der Waals surface area contributed by atoms with Gasteiger partial charge in [0.15, 0.2) is 6.67 Å². The van der Waals surface area contributed by atoms with Gasteiger partial charge in [-0.05, 0) is 11.6 Å². The lowest BCUT2D eigenvalue weighted by molar-refractivity contribution is 0.657. The Morgan fingerprint density at radius 3 is 2.40 bits per heavy atom. The molecule has 1 heteroatoms. The summed E-state index contributed by atoms with van der Waals surface area (Å²) in [6.07, 6.45) is 3.08. The first-order valence-electron chi connectivity index (χ1n) is 3.08. The molecule has 1 aromatic rings. The van der Waals surface area contributed by atoms with Gasteiger partial charge in [-0.3, -0.25) is 0 Å². The summed E-state index contributed by atoms with van der Waals surface area (Å²) in [5.41, 5.74) is 1.01. The van der Waals surface area contributed by atoms with E-state index in [1.54, 1.807) is 6.08 Å². The lowest BCUT2D eigenvalue weighted by Gasteiger charge is -1.87. The number of benzene rings is 1. The molecule has 51 valence electrons. The van der Waals surface area contributed by atoms with Gasteiger partial charge in [0.1, 0.15) is 0 Å². The van der Waals surface area contributed by atoms with Gasteiger partial charge in [0.05, 0.1) is 0 Å². The highest BCUT2D eigenvalue weighted by atomic mass is 19.1. The zero-order valence-electron chi connectivity index (χ0n) is 5.50. The molecule has 0 atom stereocenters. The number of rotatable bonds is 2. The minimum absolute atomic E-state index is 0.521. The average Bonchev–Trinajstić information content (AvgIpc) is 2.03. The summed E-state index contributed by atoms with van der Waals surface area (Å²) < 4.78 is 11.5. The molecule has 0 aliphatic carbocycles. The number of allylic oxidation sites excluding steroid dienone is 1. The second kappa shape index (κ2) is 3.83. The van der Waals surface area contributed by atoms with E-state index in [1.807, 2.05) is 30.3 Å². The predicted molar refractivity (Wildman–Crippen MR) is 40.9 cm³/mol. The van der Waals surface area contributed by atoms with Crippen molar-refractivity contribution in [2.24, 2.45) is 0 Å². The number of halogens is 1. The van der Waals surface area contributed by atoms with Crippen LogP contribution in [0.25, 0.3) is 6.08 Å². The molecule has 0 amide bonds. The summed E-state index contributed by atoms with van der Waals surface area (Å²) in [7, 11) is 0. The molecule has 0 heterocycles. The van der Waals surface area contributed by atoms with Crippen LogP contribution in [0.4, 0.5) is 4.39 Å². The molecule has 0 N–H and O–H groups in total. The van der Waals surface area contributed by atoms with E-state index in [2.05, 4.69) is 0 Å². The molecule has 0 saturated carbocycles. The Morgan fingerprint density at radius 1 is 1.10 bits per heavy atom. The maximum absolute atomic E-state index is 11.5. The maximum Gasteiger partial charge on any atom is 0.153 e. The zero-order valence-corrected chi connectivity index (χ0v) is 5.50. The molecule has 0 aliphatic rings. The minimum Gasteiger partial charge on any atom is -0.239 e. The highest BCUT2D eigenvalue weighted by Crippen LogP contribution is 2.00. The Hall–Kier alpha value is -1.11. The predicted octanol–water partition coefficient (Wildman–Crippen LogP) is 2.83. The molecule has 0 aliphatic heterocycles. The molecule has 10 heavy (non-hydrogen) atoms. The number of hydrogen-bond acceptors (Lipinski definition) is 0. The first kappa shape index (κ1) is 7.00. The van der Waals surface area contributed by atoms with Crippen LogP contribution in [-0.2, 0) is 0 Å². The van der Waals surface area contributed by atoms with Crippen LogP contribution in [0.1, 0.15) is 5.56 Å². The third-order valence-electron chi connectivity index (χ3n) is 1.16. The van der Waals surface area contributed by atoms with Crippen molar-refractivity contribution in [3.05, 3.63) is 48.6 Å². The smallest absolute Gasteiger partial charge is 0.153 e. The molecule has 0 saturated heterocycles. The molecular weight excluding hydrogens is 127 g/mol. The normalized spacial score (nSPS) is 10.5. The van der Waals surface area contributed by atoms with Gasteiger partial charge >= 0.3 is 0 Å². The molecule has 1 rings (SSSR count). The lowest BCUT2D eigenvalue weighted by atomic mass is 10.2. The monoisotopic (exact) mass is 135 g/mol. The Bertz CT molecular complexity index is 201. The third kappa shape index (κ3) is 2.02. The Balaban J connectivity index is 2.67. The van der Waals surface area contributed by atoms with Crippen LogP contribution < -0.4 is 0 Å². The molecule has 0 spiro atoms. The molecule has 0 unspecified atom stereocenters. The van der Waals surface area contributed by atoms with E-state index in [0.29, 0.717) is 6.67 Å². The van der Waals surface area contributed by atoms with Crippen molar-refractivity contribution >= 4 is 6.08 Å². The SMILES string of the molecule is F[CH]/C=C/c1ccccc1. The molecule has 0 bridgehead atoms. The van der Waals surface area contributed by atoms with Gasteiger partial charge in [0.25, 0.3) is 0 Å². The van der Waals surface area contributed by atoms with Gasteiger partial charge < -0.3 is 0 Å². The summed E-state index contributed by atoms with van der Waals surface area (Å²) in [5.74, 6) is 0. The van der Waals surface area contributed by atoms with E-state index < -0.39 is 0 Å². The fourth-order valence-electron chi connectivity index (χ4n) is 0.712. The van der Waals surface area contributed by atoms with Crippen LogP contribution in [-0.4, -0.2) is 0 Å². The minimum atomic E-state index is 0.521. The van der Waals surface area contributed by atoms with E-state index in [1.165, 1.54) is 6.08 Å². The van der Waals surface area contributed by atoms with E-state index in [0.717, 1.165) is 5.56 Å². The summed E-state index contributed by atoms with van der Waals surface area (Å²) in [6.45, 7) is 0.521. The quantitative estimate of drug-likeness (QED) is 0.585. The van der Waals surface area contributed by atoms with Crippen molar-refractivity contribution in [2.75, 3.05) is 0 Å². The first-order chi connectivity index (χ1) is 4.93. The van der Waals surface area contributed by atoms with Crippen LogP contribution in [0.2, 0.25) is 0 Å². The molecule has 0 fully saturated rings. The fraction of sp³-hybridized carbons (Fsp3) is 0. The Morgan fingerprint density at radius 2 is 1.80 bits per heavy atom. The molecule has 1 aromatic carbocycles. The van der Waals surface area contributed by atoms with Crippen LogP contribution in [0, 0.1) is 6.67 Å². The number of hydrogen-bond donors (Lipinski definition) is 0. The van der Waals surface area contributed by atoms with Crippen molar-refractivity contribution in [2.45, 2.75) is 0 Å². The lowest BCUT2D eigenvalue weighted by Crippen LogP contribution is -1.66. The molecule has 0 nitrogen and oxygen atoms in total. The fourth-order valence-corrected chi connectivity index (χ4v) is 0.712. The molecule has 1 radical (unpaired) electrons. The molecule has 0 aromatic heterocycles. The van der Waals surface area contributed by atoms with Crippen molar-refractivity contribution in [1.82, 2.24) is 0 Å². The van der Waals surface area contributed by atoms with Gasteiger partial charge in [-0.1, -0.05) is 36.4 Å². The van der Waals surface area contributed by atoms with E-state index in [9.17, 15) is 4.39 Å². The standard InChI is InChI=1S/C9H8F/c10-8-4-7-9-5-2-1-3-6-9/h1-8H/b7-4+. The highest BCUT2D eigenvalue weighted by molar-refractivity contribution is 5.49. The largest absolute Gasteiger partial charge is 0.239 e. The summed E-state index contributed by atoms with van der Waals surface area (Å²) in [6, 6.07) is 9.59. The Kier molecular flexibility index (Phi) is 2.68. The van der Waals surface area contributed by atoms with E-state index in [4.69, 9.17) is 0 Å². The van der Waals surface area contributed by atoms with Crippen LogP contribution >= 0.6 is 0 Å².